The average molecular weight is 182 g/mol. The summed E-state index contributed by atoms with van der Waals surface area (Å²) in [6.45, 7) is 2.08. The second-order valence-corrected chi connectivity index (χ2v) is 2.96. The van der Waals surface area contributed by atoms with E-state index in [4.69, 9.17) is 17.3 Å². The summed E-state index contributed by atoms with van der Waals surface area (Å²) < 4.78 is 0. The third-order valence-electron chi connectivity index (χ3n) is 1.62. The summed E-state index contributed by atoms with van der Waals surface area (Å²) >= 11 is 5.83. The fourth-order valence-corrected chi connectivity index (χ4v) is 1.13. The summed E-state index contributed by atoms with van der Waals surface area (Å²) in [6, 6.07) is 5.64. The normalized spacial score (nSPS) is 10.8. The number of nitrogens with two attached hydrogens (primary N) is 1. The van der Waals surface area contributed by atoms with Gasteiger partial charge in [-0.3, -0.25) is 0 Å². The Bertz CT molecular complexity index is 292. The van der Waals surface area contributed by atoms with Crippen molar-refractivity contribution in [2.24, 2.45) is 0 Å². The lowest BCUT2D eigenvalue weighted by molar-refractivity contribution is 1.23. The van der Waals surface area contributed by atoms with Crippen LogP contribution in [0.15, 0.2) is 24.3 Å². The Morgan fingerprint density at radius 1 is 1.50 bits per heavy atom. The fraction of sp³-hybridized carbons (Fsp3) is 0.200. The topological polar surface area (TPSA) is 26.0 Å². The van der Waals surface area contributed by atoms with Gasteiger partial charge in [-0.05, 0) is 18.1 Å². The molecule has 0 heterocycles. The van der Waals surface area contributed by atoms with Gasteiger partial charge in [-0.2, -0.15) is 0 Å². The highest BCUT2D eigenvalue weighted by molar-refractivity contribution is 6.33. The third kappa shape index (κ3) is 2.02. The Balaban J connectivity index is 3.00. The minimum absolute atomic E-state index is 0.619. The molecule has 0 saturated carbocycles. The molecule has 64 valence electrons. The minimum atomic E-state index is 0.619. The van der Waals surface area contributed by atoms with Crippen molar-refractivity contribution < 1.29 is 0 Å². The largest absolute Gasteiger partial charge is 0.397 e. The molecule has 0 radical (unpaired) electrons. The zero-order valence-electron chi connectivity index (χ0n) is 7.05. The molecule has 0 aliphatic heterocycles. The zero-order chi connectivity index (χ0) is 8.97. The van der Waals surface area contributed by atoms with Crippen LogP contribution in [0.3, 0.4) is 0 Å². The van der Waals surface area contributed by atoms with E-state index in [2.05, 4.69) is 13.0 Å². The lowest BCUT2D eigenvalue weighted by Crippen LogP contribution is -1.89. The van der Waals surface area contributed by atoms with Crippen LogP contribution in [-0.4, -0.2) is 0 Å². The molecule has 0 aliphatic carbocycles. The van der Waals surface area contributed by atoms with E-state index >= 15 is 0 Å². The van der Waals surface area contributed by atoms with Gasteiger partial charge in [0.2, 0.25) is 0 Å². The van der Waals surface area contributed by atoms with Gasteiger partial charge in [-0.25, -0.2) is 0 Å². The molecule has 12 heavy (non-hydrogen) atoms. The summed E-state index contributed by atoms with van der Waals surface area (Å²) in [6.07, 6.45) is 5.05. The predicted molar refractivity (Wildman–Crippen MR) is 55.2 cm³/mol. The first kappa shape index (κ1) is 9.14. The predicted octanol–water partition coefficient (Wildman–Crippen LogP) is 3.35. The number of anilines is 1. The van der Waals surface area contributed by atoms with Gasteiger partial charge in [0.15, 0.2) is 0 Å². The van der Waals surface area contributed by atoms with E-state index in [-0.39, 0.29) is 0 Å². The van der Waals surface area contributed by atoms with E-state index in [1.807, 2.05) is 18.2 Å². The molecule has 1 aromatic carbocycles. The standard InChI is InChI=1S/C10H12ClN/c1-2-3-5-8-6-4-7-9(11)10(8)12/h3-7H,2,12H2,1H3/b5-3+. The molecule has 1 nitrogen and oxygen atoms in total. The number of para-hydroxylation sites is 1. The Hall–Kier alpha value is -0.950. The van der Waals surface area contributed by atoms with Crippen LogP contribution < -0.4 is 5.73 Å². The maximum absolute atomic E-state index is 5.83. The molecule has 0 fully saturated rings. The van der Waals surface area contributed by atoms with Crippen molar-refractivity contribution in [2.75, 3.05) is 5.73 Å². The van der Waals surface area contributed by atoms with Crippen LogP contribution in [0.5, 0.6) is 0 Å². The molecule has 0 amide bonds. The Labute approximate surface area is 77.8 Å². The van der Waals surface area contributed by atoms with Crippen molar-refractivity contribution in [3.8, 4) is 0 Å². The van der Waals surface area contributed by atoms with E-state index in [9.17, 15) is 0 Å². The Morgan fingerprint density at radius 2 is 2.25 bits per heavy atom. The number of hydrogen-bond donors (Lipinski definition) is 1. The third-order valence-corrected chi connectivity index (χ3v) is 1.95. The molecular formula is C10H12ClN. The summed E-state index contributed by atoms with van der Waals surface area (Å²) in [7, 11) is 0. The monoisotopic (exact) mass is 181 g/mol. The van der Waals surface area contributed by atoms with E-state index < -0.39 is 0 Å². The quantitative estimate of drug-likeness (QED) is 0.696. The van der Waals surface area contributed by atoms with Gasteiger partial charge in [-0.1, -0.05) is 42.8 Å². The lowest BCUT2D eigenvalue weighted by atomic mass is 10.1. The van der Waals surface area contributed by atoms with Crippen LogP contribution in [0, 0.1) is 0 Å². The smallest absolute Gasteiger partial charge is 0.0641 e. The molecule has 0 bridgehead atoms. The van der Waals surface area contributed by atoms with Crippen molar-refractivity contribution in [3.05, 3.63) is 34.9 Å². The molecule has 0 aromatic heterocycles. The SMILES string of the molecule is CC/C=C/c1cccc(Cl)c1N. The van der Waals surface area contributed by atoms with Gasteiger partial charge < -0.3 is 5.73 Å². The van der Waals surface area contributed by atoms with Gasteiger partial charge >= 0.3 is 0 Å². The first-order chi connectivity index (χ1) is 5.75. The molecule has 1 rings (SSSR count). The summed E-state index contributed by atoms with van der Waals surface area (Å²) in [5.74, 6) is 0. The molecule has 1 aromatic rings. The highest BCUT2D eigenvalue weighted by atomic mass is 35.5. The van der Waals surface area contributed by atoms with Crippen LogP contribution in [0.2, 0.25) is 5.02 Å². The molecule has 2 heteroatoms. The van der Waals surface area contributed by atoms with Gasteiger partial charge in [0.1, 0.15) is 0 Å². The van der Waals surface area contributed by atoms with E-state index in [1.54, 1.807) is 6.07 Å². The van der Waals surface area contributed by atoms with Crippen LogP contribution in [-0.2, 0) is 0 Å². The van der Waals surface area contributed by atoms with Crippen molar-refractivity contribution >= 4 is 23.4 Å². The Morgan fingerprint density at radius 3 is 2.92 bits per heavy atom. The maximum Gasteiger partial charge on any atom is 0.0641 e. The van der Waals surface area contributed by atoms with Crippen LogP contribution in [0.1, 0.15) is 18.9 Å². The van der Waals surface area contributed by atoms with E-state index in [1.165, 1.54) is 0 Å². The fourth-order valence-electron chi connectivity index (χ4n) is 0.944. The van der Waals surface area contributed by atoms with E-state index in [0.29, 0.717) is 10.7 Å². The molecule has 0 unspecified atom stereocenters. The second kappa shape index (κ2) is 4.17. The van der Waals surface area contributed by atoms with Crippen molar-refractivity contribution in [1.29, 1.82) is 0 Å². The number of benzene rings is 1. The second-order valence-electron chi connectivity index (χ2n) is 2.55. The molecule has 0 spiro atoms. The summed E-state index contributed by atoms with van der Waals surface area (Å²) in [5.41, 5.74) is 7.39. The number of allylic oxidation sites excluding steroid dienone is 1. The number of hydrogen-bond acceptors (Lipinski definition) is 1. The average Bonchev–Trinajstić information content (AvgIpc) is 2.08. The highest BCUT2D eigenvalue weighted by Crippen LogP contribution is 2.23. The van der Waals surface area contributed by atoms with Crippen molar-refractivity contribution in [2.45, 2.75) is 13.3 Å². The Kier molecular flexibility index (Phi) is 3.18. The maximum atomic E-state index is 5.83. The van der Waals surface area contributed by atoms with Gasteiger partial charge in [-0.15, -0.1) is 0 Å². The minimum Gasteiger partial charge on any atom is -0.397 e. The number of nitrogen functional groups attached to an aromatic ring is 1. The summed E-state index contributed by atoms with van der Waals surface area (Å²) in [4.78, 5) is 0. The van der Waals surface area contributed by atoms with Crippen LogP contribution >= 0.6 is 11.6 Å². The van der Waals surface area contributed by atoms with Gasteiger partial charge in [0, 0.05) is 0 Å². The van der Waals surface area contributed by atoms with E-state index in [0.717, 1.165) is 12.0 Å². The highest BCUT2D eigenvalue weighted by Gasteiger charge is 1.97. The van der Waals surface area contributed by atoms with Gasteiger partial charge in [0.05, 0.1) is 10.7 Å². The molecule has 2 N–H and O–H groups in total. The first-order valence-corrected chi connectivity index (χ1v) is 4.34. The number of rotatable bonds is 2. The number of halogens is 1. The summed E-state index contributed by atoms with van der Waals surface area (Å²) in [5, 5.41) is 0.619. The van der Waals surface area contributed by atoms with Crippen molar-refractivity contribution in [1.82, 2.24) is 0 Å². The van der Waals surface area contributed by atoms with Crippen LogP contribution in [0.4, 0.5) is 5.69 Å². The molecule has 0 atom stereocenters. The van der Waals surface area contributed by atoms with Crippen LogP contribution in [0.25, 0.3) is 6.08 Å². The molecule has 0 aliphatic rings. The zero-order valence-corrected chi connectivity index (χ0v) is 7.81. The first-order valence-electron chi connectivity index (χ1n) is 3.96. The lowest BCUT2D eigenvalue weighted by Gasteiger charge is -2.01. The molecular weight excluding hydrogens is 170 g/mol. The van der Waals surface area contributed by atoms with Crippen molar-refractivity contribution in [3.63, 3.8) is 0 Å². The molecule has 0 saturated heterocycles. The van der Waals surface area contributed by atoms with Gasteiger partial charge in [0.25, 0.3) is 0 Å².